The molecular weight excluding hydrogens is 312 g/mol. The second-order valence-corrected chi connectivity index (χ2v) is 5.09. The summed E-state index contributed by atoms with van der Waals surface area (Å²) in [5.41, 5.74) is 1.05. The van der Waals surface area contributed by atoms with Gasteiger partial charge >= 0.3 is 5.97 Å². The summed E-state index contributed by atoms with van der Waals surface area (Å²) in [5.74, 6) is -0.563. The van der Waals surface area contributed by atoms with Crippen molar-refractivity contribution in [3.05, 3.63) is 53.1 Å². The molecule has 0 radical (unpaired) electrons. The number of ketones is 1. The van der Waals surface area contributed by atoms with Gasteiger partial charge in [-0.25, -0.2) is 4.79 Å². The number of aryl methyl sites for hydroxylation is 1. The van der Waals surface area contributed by atoms with Gasteiger partial charge in [0.15, 0.2) is 6.61 Å². The SMILES string of the molecule is COc1ccc(OC)c(C(=O)COC(=O)c2cc(C)ccc2O)c1. The lowest BCUT2D eigenvalue weighted by molar-refractivity contribution is 0.0471. The van der Waals surface area contributed by atoms with E-state index in [2.05, 4.69) is 0 Å². The number of aromatic hydroxyl groups is 1. The molecule has 2 aromatic rings. The van der Waals surface area contributed by atoms with Gasteiger partial charge in [0.1, 0.15) is 22.8 Å². The predicted molar refractivity (Wildman–Crippen MR) is 87.0 cm³/mol. The molecule has 6 heteroatoms. The molecule has 2 rings (SSSR count). The second kappa shape index (κ2) is 7.50. The van der Waals surface area contributed by atoms with Crippen LogP contribution < -0.4 is 9.47 Å². The Morgan fingerprint density at radius 3 is 2.42 bits per heavy atom. The number of esters is 1. The van der Waals surface area contributed by atoms with E-state index in [0.29, 0.717) is 11.5 Å². The smallest absolute Gasteiger partial charge is 0.342 e. The zero-order chi connectivity index (χ0) is 17.7. The zero-order valence-corrected chi connectivity index (χ0v) is 13.7. The number of phenols is 1. The van der Waals surface area contributed by atoms with Gasteiger partial charge in [-0.2, -0.15) is 0 Å². The normalized spacial score (nSPS) is 10.1. The molecule has 0 heterocycles. The largest absolute Gasteiger partial charge is 0.507 e. The second-order valence-electron chi connectivity index (χ2n) is 5.09. The van der Waals surface area contributed by atoms with Gasteiger partial charge in [-0.15, -0.1) is 0 Å². The van der Waals surface area contributed by atoms with Crippen molar-refractivity contribution in [2.45, 2.75) is 6.92 Å². The summed E-state index contributed by atoms with van der Waals surface area (Å²) in [4.78, 5) is 24.3. The lowest BCUT2D eigenvalue weighted by Gasteiger charge is -2.10. The van der Waals surface area contributed by atoms with Crippen LogP contribution in [0.2, 0.25) is 0 Å². The van der Waals surface area contributed by atoms with E-state index in [1.807, 2.05) is 0 Å². The number of benzene rings is 2. The van der Waals surface area contributed by atoms with Crippen LogP contribution in [0.25, 0.3) is 0 Å². The van der Waals surface area contributed by atoms with E-state index < -0.39 is 18.4 Å². The quantitative estimate of drug-likeness (QED) is 0.648. The highest BCUT2D eigenvalue weighted by Gasteiger charge is 2.18. The molecule has 0 aromatic heterocycles. The Labute approximate surface area is 139 Å². The fraction of sp³-hybridized carbons (Fsp3) is 0.222. The van der Waals surface area contributed by atoms with E-state index in [1.54, 1.807) is 25.1 Å². The lowest BCUT2D eigenvalue weighted by atomic mass is 10.1. The van der Waals surface area contributed by atoms with E-state index >= 15 is 0 Å². The van der Waals surface area contributed by atoms with Crippen molar-refractivity contribution in [1.29, 1.82) is 0 Å². The molecule has 24 heavy (non-hydrogen) atoms. The first-order chi connectivity index (χ1) is 11.5. The highest BCUT2D eigenvalue weighted by molar-refractivity contribution is 6.02. The predicted octanol–water partition coefficient (Wildman–Crippen LogP) is 2.76. The summed E-state index contributed by atoms with van der Waals surface area (Å²) in [7, 11) is 2.92. The topological polar surface area (TPSA) is 82.1 Å². The molecule has 6 nitrogen and oxygen atoms in total. The minimum Gasteiger partial charge on any atom is -0.507 e. The molecule has 0 fully saturated rings. The maximum atomic E-state index is 12.3. The van der Waals surface area contributed by atoms with Crippen molar-refractivity contribution >= 4 is 11.8 Å². The minimum absolute atomic E-state index is 0.0143. The molecule has 0 aliphatic rings. The van der Waals surface area contributed by atoms with Gasteiger partial charge in [0.05, 0.1) is 19.8 Å². The summed E-state index contributed by atoms with van der Waals surface area (Å²) in [6, 6.07) is 9.33. The standard InChI is InChI=1S/C18H18O6/c1-11-4-6-15(19)14(8-11)18(21)24-10-16(20)13-9-12(22-2)5-7-17(13)23-3/h4-9,19H,10H2,1-3H3. The third-order valence-electron chi connectivity index (χ3n) is 3.41. The molecule has 0 saturated carbocycles. The molecule has 0 aliphatic heterocycles. The van der Waals surface area contributed by atoms with Gasteiger partial charge in [-0.3, -0.25) is 4.79 Å². The summed E-state index contributed by atoms with van der Waals surface area (Å²) in [6.45, 7) is 1.30. The van der Waals surface area contributed by atoms with Crippen LogP contribution in [-0.2, 0) is 4.74 Å². The molecule has 0 aliphatic carbocycles. The van der Waals surface area contributed by atoms with Gasteiger partial charge in [0.25, 0.3) is 0 Å². The van der Waals surface area contributed by atoms with Gasteiger partial charge in [-0.05, 0) is 37.3 Å². The molecule has 0 spiro atoms. The van der Waals surface area contributed by atoms with Crippen molar-refractivity contribution in [2.75, 3.05) is 20.8 Å². The van der Waals surface area contributed by atoms with Crippen LogP contribution in [0.3, 0.4) is 0 Å². The van der Waals surface area contributed by atoms with Crippen molar-refractivity contribution in [1.82, 2.24) is 0 Å². The Hall–Kier alpha value is -3.02. The summed E-state index contributed by atoms with van der Waals surface area (Å²) in [6.07, 6.45) is 0. The highest BCUT2D eigenvalue weighted by atomic mass is 16.5. The van der Waals surface area contributed by atoms with E-state index in [1.165, 1.54) is 32.4 Å². The van der Waals surface area contributed by atoms with Crippen LogP contribution in [0.15, 0.2) is 36.4 Å². The Kier molecular flexibility index (Phi) is 5.42. The highest BCUT2D eigenvalue weighted by Crippen LogP contribution is 2.25. The van der Waals surface area contributed by atoms with Crippen LogP contribution in [0.5, 0.6) is 17.2 Å². The van der Waals surface area contributed by atoms with Crippen molar-refractivity contribution < 1.29 is 28.9 Å². The van der Waals surface area contributed by atoms with E-state index in [-0.39, 0.29) is 16.9 Å². The fourth-order valence-electron chi connectivity index (χ4n) is 2.13. The number of carbonyl (C=O) groups is 2. The first-order valence-electron chi connectivity index (χ1n) is 7.18. The number of carbonyl (C=O) groups excluding carboxylic acids is 2. The molecule has 1 N–H and O–H groups in total. The summed E-state index contributed by atoms with van der Waals surface area (Å²) >= 11 is 0. The molecule has 0 unspecified atom stereocenters. The number of rotatable bonds is 6. The first kappa shape index (κ1) is 17.3. The Bertz CT molecular complexity index is 766. The third-order valence-corrected chi connectivity index (χ3v) is 3.41. The van der Waals surface area contributed by atoms with Gasteiger partial charge in [0.2, 0.25) is 5.78 Å². The first-order valence-corrected chi connectivity index (χ1v) is 7.18. The third kappa shape index (κ3) is 3.84. The van der Waals surface area contributed by atoms with Crippen molar-refractivity contribution in [2.24, 2.45) is 0 Å². The van der Waals surface area contributed by atoms with Gasteiger partial charge < -0.3 is 19.3 Å². The minimum atomic E-state index is -0.772. The number of hydrogen-bond acceptors (Lipinski definition) is 6. The summed E-state index contributed by atoms with van der Waals surface area (Å²) in [5, 5.41) is 9.72. The monoisotopic (exact) mass is 330 g/mol. The number of Topliss-reactive ketones (excluding diaryl/α,β-unsaturated/α-hetero) is 1. The average molecular weight is 330 g/mol. The maximum absolute atomic E-state index is 12.3. The fourth-order valence-corrected chi connectivity index (χ4v) is 2.13. The van der Waals surface area contributed by atoms with Crippen molar-refractivity contribution in [3.63, 3.8) is 0 Å². The van der Waals surface area contributed by atoms with Gasteiger partial charge in [-0.1, -0.05) is 11.6 Å². The van der Waals surface area contributed by atoms with Crippen LogP contribution in [0, 0.1) is 6.92 Å². The number of phenolic OH excluding ortho intramolecular Hbond substituents is 1. The van der Waals surface area contributed by atoms with Crippen LogP contribution in [0.4, 0.5) is 0 Å². The van der Waals surface area contributed by atoms with Crippen LogP contribution >= 0.6 is 0 Å². The molecule has 2 aromatic carbocycles. The number of methoxy groups -OCH3 is 2. The Balaban J connectivity index is 2.13. The zero-order valence-electron chi connectivity index (χ0n) is 13.7. The van der Waals surface area contributed by atoms with Crippen LogP contribution in [0.1, 0.15) is 26.3 Å². The molecule has 126 valence electrons. The molecule has 0 saturated heterocycles. The van der Waals surface area contributed by atoms with E-state index in [0.717, 1.165) is 5.56 Å². The average Bonchev–Trinajstić information content (AvgIpc) is 2.60. The van der Waals surface area contributed by atoms with Crippen molar-refractivity contribution in [3.8, 4) is 17.2 Å². The lowest BCUT2D eigenvalue weighted by Crippen LogP contribution is -2.15. The van der Waals surface area contributed by atoms with E-state index in [9.17, 15) is 14.7 Å². The Morgan fingerprint density at radius 2 is 1.75 bits per heavy atom. The summed E-state index contributed by atoms with van der Waals surface area (Å²) < 4.78 is 15.2. The van der Waals surface area contributed by atoms with E-state index in [4.69, 9.17) is 14.2 Å². The maximum Gasteiger partial charge on any atom is 0.342 e. The van der Waals surface area contributed by atoms with Gasteiger partial charge in [0, 0.05) is 0 Å². The molecule has 0 amide bonds. The molecule has 0 atom stereocenters. The molecule has 0 bridgehead atoms. The Morgan fingerprint density at radius 1 is 1.00 bits per heavy atom. The number of ether oxygens (including phenoxy) is 3. The number of hydrogen-bond donors (Lipinski definition) is 1. The van der Waals surface area contributed by atoms with Crippen LogP contribution in [-0.4, -0.2) is 37.7 Å². The molecular formula is C18H18O6.